The van der Waals surface area contributed by atoms with Crippen molar-refractivity contribution in [3.8, 4) is 0 Å². The average Bonchev–Trinajstić information content (AvgIpc) is 2.03. The largest absolute Gasteiger partial charge is 0.324 e. The molecule has 70 valence electrons. The van der Waals surface area contributed by atoms with Crippen LogP contribution in [0.5, 0.6) is 0 Å². The molecule has 0 unspecified atom stereocenters. The first-order chi connectivity index (χ1) is 6.09. The van der Waals surface area contributed by atoms with Gasteiger partial charge in [0, 0.05) is 11.1 Å². The molecule has 0 radical (unpaired) electrons. The zero-order chi connectivity index (χ0) is 9.84. The lowest BCUT2D eigenvalue weighted by molar-refractivity contribution is 0.717. The van der Waals surface area contributed by atoms with Gasteiger partial charge in [0.15, 0.2) is 0 Å². The van der Waals surface area contributed by atoms with E-state index in [9.17, 15) is 0 Å². The summed E-state index contributed by atoms with van der Waals surface area (Å²) >= 11 is 5.85. The maximum absolute atomic E-state index is 5.95. The molecule has 0 fully saturated rings. The zero-order valence-electron chi connectivity index (χ0n) is 7.76. The highest BCUT2D eigenvalue weighted by molar-refractivity contribution is 6.30. The Morgan fingerprint density at radius 2 is 2.31 bits per heavy atom. The molecule has 13 heavy (non-hydrogen) atoms. The molecule has 0 heterocycles. The lowest BCUT2D eigenvalue weighted by Gasteiger charge is -2.11. The van der Waals surface area contributed by atoms with Crippen molar-refractivity contribution >= 4 is 11.6 Å². The topological polar surface area (TPSA) is 26.0 Å². The second-order valence-corrected chi connectivity index (χ2v) is 3.76. The summed E-state index contributed by atoms with van der Waals surface area (Å²) in [6, 6.07) is 7.65. The first-order valence-corrected chi connectivity index (χ1v) is 4.63. The van der Waals surface area contributed by atoms with Gasteiger partial charge in [-0.1, -0.05) is 29.3 Å². The minimum Gasteiger partial charge on any atom is -0.324 e. The van der Waals surface area contributed by atoms with Gasteiger partial charge in [-0.05, 0) is 31.0 Å². The van der Waals surface area contributed by atoms with E-state index in [-0.39, 0.29) is 6.04 Å². The fourth-order valence-corrected chi connectivity index (χ4v) is 1.43. The summed E-state index contributed by atoms with van der Waals surface area (Å²) < 4.78 is 0. The monoisotopic (exact) mass is 195 g/mol. The number of nitrogens with two attached hydrogens (primary N) is 1. The van der Waals surface area contributed by atoms with Crippen molar-refractivity contribution in [2.24, 2.45) is 5.73 Å². The van der Waals surface area contributed by atoms with Crippen LogP contribution in [0, 0.1) is 0 Å². The van der Waals surface area contributed by atoms with Crippen LogP contribution >= 0.6 is 11.6 Å². The molecule has 1 atom stereocenters. The van der Waals surface area contributed by atoms with Crippen molar-refractivity contribution in [3.63, 3.8) is 0 Å². The van der Waals surface area contributed by atoms with Crippen LogP contribution < -0.4 is 5.73 Å². The van der Waals surface area contributed by atoms with E-state index in [1.807, 2.05) is 31.2 Å². The van der Waals surface area contributed by atoms with E-state index in [2.05, 4.69) is 6.58 Å². The fraction of sp³-hybridized carbons (Fsp3) is 0.273. The Morgan fingerprint density at radius 1 is 1.62 bits per heavy atom. The van der Waals surface area contributed by atoms with Crippen LogP contribution in [0.2, 0.25) is 5.02 Å². The number of hydrogen-bond acceptors (Lipinski definition) is 1. The SMILES string of the molecule is C=C(C)C[C@H](N)c1cccc(Cl)c1. The van der Waals surface area contributed by atoms with E-state index >= 15 is 0 Å². The molecule has 2 N–H and O–H groups in total. The van der Waals surface area contributed by atoms with E-state index in [0.29, 0.717) is 0 Å². The fourth-order valence-electron chi connectivity index (χ4n) is 1.23. The Labute approximate surface area is 84.2 Å². The normalized spacial score (nSPS) is 12.5. The predicted octanol–water partition coefficient (Wildman–Crippen LogP) is 3.31. The molecule has 0 aliphatic carbocycles. The van der Waals surface area contributed by atoms with Crippen molar-refractivity contribution in [1.29, 1.82) is 0 Å². The third-order valence-corrected chi connectivity index (χ3v) is 2.08. The first kappa shape index (κ1) is 10.3. The van der Waals surface area contributed by atoms with Crippen molar-refractivity contribution < 1.29 is 0 Å². The van der Waals surface area contributed by atoms with E-state index in [1.54, 1.807) is 0 Å². The third-order valence-electron chi connectivity index (χ3n) is 1.85. The van der Waals surface area contributed by atoms with Crippen molar-refractivity contribution in [2.45, 2.75) is 19.4 Å². The van der Waals surface area contributed by atoms with Crippen molar-refractivity contribution in [2.75, 3.05) is 0 Å². The molecule has 1 aromatic rings. The van der Waals surface area contributed by atoms with Gasteiger partial charge in [0.1, 0.15) is 0 Å². The molecule has 0 aliphatic heterocycles. The molecule has 0 spiro atoms. The van der Waals surface area contributed by atoms with Crippen LogP contribution in [0.15, 0.2) is 36.4 Å². The molecule has 0 aromatic heterocycles. The number of rotatable bonds is 3. The summed E-state index contributed by atoms with van der Waals surface area (Å²) in [5.74, 6) is 0. The van der Waals surface area contributed by atoms with Gasteiger partial charge in [0.2, 0.25) is 0 Å². The molecule has 0 bridgehead atoms. The zero-order valence-corrected chi connectivity index (χ0v) is 8.51. The smallest absolute Gasteiger partial charge is 0.0409 e. The Hall–Kier alpha value is -0.790. The van der Waals surface area contributed by atoms with Crippen LogP contribution in [-0.4, -0.2) is 0 Å². The summed E-state index contributed by atoms with van der Waals surface area (Å²) in [6.45, 7) is 5.81. The minimum absolute atomic E-state index is 0.0104. The highest BCUT2D eigenvalue weighted by Crippen LogP contribution is 2.20. The molecule has 1 aromatic carbocycles. The molecule has 0 saturated heterocycles. The lowest BCUT2D eigenvalue weighted by atomic mass is 10.0. The maximum Gasteiger partial charge on any atom is 0.0409 e. The van der Waals surface area contributed by atoms with Crippen LogP contribution in [0.25, 0.3) is 0 Å². The summed E-state index contributed by atoms with van der Waals surface area (Å²) in [5, 5.41) is 0.731. The van der Waals surface area contributed by atoms with Gasteiger partial charge >= 0.3 is 0 Å². The van der Waals surface area contributed by atoms with Gasteiger partial charge in [-0.2, -0.15) is 0 Å². The summed E-state index contributed by atoms with van der Waals surface area (Å²) in [6.07, 6.45) is 0.806. The van der Waals surface area contributed by atoms with E-state index in [1.165, 1.54) is 0 Å². The van der Waals surface area contributed by atoms with Gasteiger partial charge in [-0.25, -0.2) is 0 Å². The van der Waals surface area contributed by atoms with Gasteiger partial charge in [0.05, 0.1) is 0 Å². The molecule has 2 heteroatoms. The average molecular weight is 196 g/mol. The molecular formula is C11H14ClN. The third kappa shape index (κ3) is 3.21. The van der Waals surface area contributed by atoms with Crippen molar-refractivity contribution in [1.82, 2.24) is 0 Å². The van der Waals surface area contributed by atoms with E-state index in [0.717, 1.165) is 22.6 Å². The quantitative estimate of drug-likeness (QED) is 0.736. The summed E-state index contributed by atoms with van der Waals surface area (Å²) in [7, 11) is 0. The number of benzene rings is 1. The molecule has 1 nitrogen and oxygen atoms in total. The number of hydrogen-bond donors (Lipinski definition) is 1. The van der Waals surface area contributed by atoms with Crippen LogP contribution in [0.3, 0.4) is 0 Å². The maximum atomic E-state index is 5.95. The second-order valence-electron chi connectivity index (χ2n) is 3.32. The summed E-state index contributed by atoms with van der Waals surface area (Å²) in [4.78, 5) is 0. The Kier molecular flexibility index (Phi) is 3.52. The Bertz CT molecular complexity index is 307. The van der Waals surface area contributed by atoms with Crippen LogP contribution in [-0.2, 0) is 0 Å². The van der Waals surface area contributed by atoms with Gasteiger partial charge in [-0.15, -0.1) is 6.58 Å². The van der Waals surface area contributed by atoms with Gasteiger partial charge in [-0.3, -0.25) is 0 Å². The standard InChI is InChI=1S/C11H14ClN/c1-8(2)6-11(13)9-4-3-5-10(12)7-9/h3-5,7,11H,1,6,13H2,2H3/t11-/m0/s1. The minimum atomic E-state index is 0.0104. The molecule has 0 saturated carbocycles. The molecule has 1 rings (SSSR count). The van der Waals surface area contributed by atoms with Gasteiger partial charge < -0.3 is 5.73 Å². The second kappa shape index (κ2) is 4.45. The first-order valence-electron chi connectivity index (χ1n) is 4.25. The van der Waals surface area contributed by atoms with Crippen LogP contribution in [0.1, 0.15) is 24.9 Å². The Morgan fingerprint density at radius 3 is 2.85 bits per heavy atom. The number of halogens is 1. The highest BCUT2D eigenvalue weighted by atomic mass is 35.5. The van der Waals surface area contributed by atoms with E-state index < -0.39 is 0 Å². The van der Waals surface area contributed by atoms with Crippen molar-refractivity contribution in [3.05, 3.63) is 47.0 Å². The van der Waals surface area contributed by atoms with Gasteiger partial charge in [0.25, 0.3) is 0 Å². The lowest BCUT2D eigenvalue weighted by Crippen LogP contribution is -2.10. The summed E-state index contributed by atoms with van der Waals surface area (Å²) in [5.41, 5.74) is 8.10. The highest BCUT2D eigenvalue weighted by Gasteiger charge is 2.05. The molecule has 0 amide bonds. The van der Waals surface area contributed by atoms with E-state index in [4.69, 9.17) is 17.3 Å². The molecule has 0 aliphatic rings. The predicted molar refractivity (Wildman–Crippen MR) is 57.8 cm³/mol. The molecular weight excluding hydrogens is 182 g/mol. The van der Waals surface area contributed by atoms with Crippen LogP contribution in [0.4, 0.5) is 0 Å². The Balaban J connectivity index is 2.76.